The van der Waals surface area contributed by atoms with Gasteiger partial charge in [0.2, 0.25) is 5.56 Å². The lowest BCUT2D eigenvalue weighted by atomic mass is 10.1. The van der Waals surface area contributed by atoms with E-state index in [1.807, 2.05) is 32.0 Å². The first-order valence-electron chi connectivity index (χ1n) is 7.26. The van der Waals surface area contributed by atoms with Crippen LogP contribution in [-0.2, 0) is 6.54 Å². The average molecular weight is 319 g/mol. The molecule has 4 nitrogen and oxygen atoms in total. The maximum Gasteiger partial charge on any atom is 0.270 e. The molecular weight excluding hydrogens is 300 g/mol. The SMILES string of the molecule is CCC(C)N(Cc1ccccc1Cl)C(=O)c1cccc(=O)[nH]1. The summed E-state index contributed by atoms with van der Waals surface area (Å²) in [7, 11) is 0. The monoisotopic (exact) mass is 318 g/mol. The molecule has 0 aliphatic rings. The summed E-state index contributed by atoms with van der Waals surface area (Å²) in [5.74, 6) is -0.202. The summed E-state index contributed by atoms with van der Waals surface area (Å²) in [6.07, 6.45) is 0.813. The van der Waals surface area contributed by atoms with E-state index in [0.29, 0.717) is 17.3 Å². The number of hydrogen-bond acceptors (Lipinski definition) is 2. The van der Waals surface area contributed by atoms with Gasteiger partial charge in [-0.3, -0.25) is 9.59 Å². The Bertz CT molecular complexity index is 712. The normalized spacial score (nSPS) is 12.0. The van der Waals surface area contributed by atoms with Crippen LogP contribution < -0.4 is 5.56 Å². The van der Waals surface area contributed by atoms with E-state index in [1.54, 1.807) is 23.1 Å². The minimum atomic E-state index is -0.285. The van der Waals surface area contributed by atoms with Crippen molar-refractivity contribution in [2.24, 2.45) is 0 Å². The number of amides is 1. The molecule has 5 heteroatoms. The van der Waals surface area contributed by atoms with Crippen LogP contribution in [0.3, 0.4) is 0 Å². The number of nitrogens with one attached hydrogen (secondary N) is 1. The van der Waals surface area contributed by atoms with Crippen molar-refractivity contribution in [3.05, 3.63) is 69.1 Å². The Labute approximate surface area is 134 Å². The molecule has 0 saturated carbocycles. The third-order valence-corrected chi connectivity index (χ3v) is 4.05. The van der Waals surface area contributed by atoms with Gasteiger partial charge in [-0.05, 0) is 31.0 Å². The minimum Gasteiger partial charge on any atom is -0.330 e. The Morgan fingerprint density at radius 2 is 1.95 bits per heavy atom. The van der Waals surface area contributed by atoms with Crippen LogP contribution in [0, 0.1) is 0 Å². The van der Waals surface area contributed by atoms with Crippen molar-refractivity contribution < 1.29 is 4.79 Å². The molecule has 0 fully saturated rings. The predicted molar refractivity (Wildman–Crippen MR) is 88.1 cm³/mol. The second-order valence-corrected chi connectivity index (χ2v) is 5.62. The summed E-state index contributed by atoms with van der Waals surface area (Å²) in [5, 5.41) is 0.630. The van der Waals surface area contributed by atoms with Crippen LogP contribution in [0.5, 0.6) is 0 Å². The van der Waals surface area contributed by atoms with Gasteiger partial charge < -0.3 is 9.88 Å². The fraction of sp³-hybridized carbons (Fsp3) is 0.294. The number of pyridine rings is 1. The molecular formula is C17H19ClN2O2. The van der Waals surface area contributed by atoms with Crippen molar-refractivity contribution >= 4 is 17.5 Å². The van der Waals surface area contributed by atoms with Gasteiger partial charge in [0.15, 0.2) is 0 Å². The largest absolute Gasteiger partial charge is 0.330 e. The Hall–Kier alpha value is -2.07. The number of halogens is 1. The Morgan fingerprint density at radius 3 is 2.59 bits per heavy atom. The van der Waals surface area contributed by atoms with E-state index in [1.165, 1.54) is 6.07 Å². The molecule has 1 amide bonds. The predicted octanol–water partition coefficient (Wildman–Crippen LogP) is 3.47. The highest BCUT2D eigenvalue weighted by molar-refractivity contribution is 6.31. The van der Waals surface area contributed by atoms with E-state index in [9.17, 15) is 9.59 Å². The number of aromatic amines is 1. The first-order valence-corrected chi connectivity index (χ1v) is 7.64. The third-order valence-electron chi connectivity index (χ3n) is 3.68. The Morgan fingerprint density at radius 1 is 1.23 bits per heavy atom. The highest BCUT2D eigenvalue weighted by Crippen LogP contribution is 2.20. The number of aromatic nitrogens is 1. The smallest absolute Gasteiger partial charge is 0.270 e. The highest BCUT2D eigenvalue weighted by atomic mass is 35.5. The fourth-order valence-corrected chi connectivity index (χ4v) is 2.38. The second kappa shape index (κ2) is 7.27. The number of hydrogen-bond donors (Lipinski definition) is 1. The molecule has 0 aliphatic carbocycles. The summed E-state index contributed by atoms with van der Waals surface area (Å²) in [4.78, 5) is 28.5. The number of rotatable bonds is 5. The van der Waals surface area contributed by atoms with Crippen molar-refractivity contribution in [2.45, 2.75) is 32.9 Å². The van der Waals surface area contributed by atoms with Gasteiger partial charge in [0, 0.05) is 23.7 Å². The lowest BCUT2D eigenvalue weighted by molar-refractivity contribution is 0.0665. The molecule has 1 aromatic heterocycles. The molecule has 1 aromatic carbocycles. The molecule has 2 rings (SSSR count). The zero-order valence-corrected chi connectivity index (χ0v) is 13.4. The Balaban J connectivity index is 2.32. The second-order valence-electron chi connectivity index (χ2n) is 5.21. The Kier molecular flexibility index (Phi) is 5.39. The van der Waals surface area contributed by atoms with E-state index in [0.717, 1.165) is 12.0 Å². The molecule has 1 N–H and O–H groups in total. The van der Waals surface area contributed by atoms with Crippen LogP contribution in [0.2, 0.25) is 5.02 Å². The molecule has 116 valence electrons. The van der Waals surface area contributed by atoms with Gasteiger partial charge in [0.25, 0.3) is 5.91 Å². The number of carbonyl (C=O) groups is 1. The number of benzene rings is 1. The summed E-state index contributed by atoms with van der Waals surface area (Å²) in [6, 6.07) is 12.1. The van der Waals surface area contributed by atoms with Crippen LogP contribution in [0.15, 0.2) is 47.3 Å². The van der Waals surface area contributed by atoms with Gasteiger partial charge in [-0.25, -0.2) is 0 Å². The van der Waals surface area contributed by atoms with Gasteiger partial charge in [-0.1, -0.05) is 42.8 Å². The highest BCUT2D eigenvalue weighted by Gasteiger charge is 2.22. The van der Waals surface area contributed by atoms with Crippen LogP contribution in [0.4, 0.5) is 0 Å². The molecule has 0 aliphatic heterocycles. The summed E-state index contributed by atoms with van der Waals surface area (Å²) < 4.78 is 0. The minimum absolute atomic E-state index is 0.0347. The molecule has 0 radical (unpaired) electrons. The van der Waals surface area contributed by atoms with E-state index in [-0.39, 0.29) is 17.5 Å². The molecule has 0 bridgehead atoms. The van der Waals surface area contributed by atoms with Gasteiger partial charge >= 0.3 is 0 Å². The third kappa shape index (κ3) is 3.77. The average Bonchev–Trinajstić information content (AvgIpc) is 2.53. The molecule has 2 aromatic rings. The summed E-state index contributed by atoms with van der Waals surface area (Å²) >= 11 is 6.20. The van der Waals surface area contributed by atoms with E-state index >= 15 is 0 Å². The molecule has 0 spiro atoms. The maximum absolute atomic E-state index is 12.7. The van der Waals surface area contributed by atoms with Crippen molar-refractivity contribution in [3.63, 3.8) is 0 Å². The molecule has 22 heavy (non-hydrogen) atoms. The van der Waals surface area contributed by atoms with Crippen LogP contribution in [-0.4, -0.2) is 21.8 Å². The number of carbonyl (C=O) groups excluding carboxylic acids is 1. The van der Waals surface area contributed by atoms with Crippen molar-refractivity contribution in [1.82, 2.24) is 9.88 Å². The summed E-state index contributed by atoms with van der Waals surface area (Å²) in [5.41, 5.74) is 0.892. The van der Waals surface area contributed by atoms with E-state index in [4.69, 9.17) is 11.6 Å². The number of H-pyrrole nitrogens is 1. The molecule has 1 unspecified atom stereocenters. The zero-order valence-electron chi connectivity index (χ0n) is 12.7. The topological polar surface area (TPSA) is 53.2 Å². The van der Waals surface area contributed by atoms with Gasteiger partial charge in [-0.2, -0.15) is 0 Å². The van der Waals surface area contributed by atoms with Gasteiger partial charge in [0.05, 0.1) is 0 Å². The van der Waals surface area contributed by atoms with Gasteiger partial charge in [0.1, 0.15) is 5.69 Å². The maximum atomic E-state index is 12.7. The van der Waals surface area contributed by atoms with E-state index < -0.39 is 0 Å². The molecule has 0 saturated heterocycles. The molecule has 1 heterocycles. The fourth-order valence-electron chi connectivity index (χ4n) is 2.19. The van der Waals surface area contributed by atoms with Crippen molar-refractivity contribution in [1.29, 1.82) is 0 Å². The van der Waals surface area contributed by atoms with Gasteiger partial charge in [-0.15, -0.1) is 0 Å². The van der Waals surface area contributed by atoms with E-state index in [2.05, 4.69) is 4.98 Å². The van der Waals surface area contributed by atoms with Crippen LogP contribution >= 0.6 is 11.6 Å². The lowest BCUT2D eigenvalue weighted by Gasteiger charge is -2.29. The summed E-state index contributed by atoms with van der Waals surface area (Å²) in [6.45, 7) is 4.41. The standard InChI is InChI=1S/C17H19ClN2O2/c1-3-12(2)20(11-13-7-4-5-8-14(13)18)17(22)15-9-6-10-16(21)19-15/h4-10,12H,3,11H2,1-2H3,(H,19,21). The molecule has 1 atom stereocenters. The lowest BCUT2D eigenvalue weighted by Crippen LogP contribution is -2.38. The van der Waals surface area contributed by atoms with Crippen LogP contribution in [0.1, 0.15) is 36.3 Å². The number of nitrogens with zero attached hydrogens (tertiary/aromatic N) is 1. The van der Waals surface area contributed by atoms with Crippen LogP contribution in [0.25, 0.3) is 0 Å². The first-order chi connectivity index (χ1) is 10.5. The van der Waals surface area contributed by atoms with Crippen molar-refractivity contribution in [3.8, 4) is 0 Å². The first kappa shape index (κ1) is 16.3. The zero-order chi connectivity index (χ0) is 16.1. The quantitative estimate of drug-likeness (QED) is 0.917. The van der Waals surface area contributed by atoms with Crippen molar-refractivity contribution in [2.75, 3.05) is 0 Å².